The number of nitrogens with zero attached hydrogens (tertiary/aromatic N) is 1. The van der Waals surface area contributed by atoms with E-state index in [1.54, 1.807) is 31.2 Å². The van der Waals surface area contributed by atoms with Crippen molar-refractivity contribution in [2.24, 2.45) is 5.73 Å². The predicted molar refractivity (Wildman–Crippen MR) is 141 cm³/mol. The van der Waals surface area contributed by atoms with E-state index in [0.29, 0.717) is 47.2 Å². The molecule has 2 aromatic rings. The van der Waals surface area contributed by atoms with Gasteiger partial charge in [-0.05, 0) is 51.0 Å². The zero-order chi connectivity index (χ0) is 26.8. The minimum atomic E-state index is -1.39. The summed E-state index contributed by atoms with van der Waals surface area (Å²) in [5.74, 6) is 1.31. The first-order valence-electron chi connectivity index (χ1n) is 12.3. The van der Waals surface area contributed by atoms with Crippen LogP contribution in [0, 0.1) is 0 Å². The zero-order valence-electron chi connectivity index (χ0n) is 21.5. The fraction of sp³-hybridized carbons (Fsp3) is 0.379. The Bertz CT molecular complexity index is 1280. The second kappa shape index (κ2) is 10.5. The molecule has 196 valence electrons. The summed E-state index contributed by atoms with van der Waals surface area (Å²) in [7, 11) is 1.49. The summed E-state index contributed by atoms with van der Waals surface area (Å²) in [4.78, 5) is 17.8. The maximum Gasteiger partial charge on any atom is 0.163 e. The topological polar surface area (TPSA) is 124 Å². The van der Waals surface area contributed by atoms with Crippen LogP contribution in [0.5, 0.6) is 17.2 Å². The number of benzene rings is 1. The van der Waals surface area contributed by atoms with E-state index in [1.165, 1.54) is 7.11 Å². The summed E-state index contributed by atoms with van der Waals surface area (Å²) in [5.41, 5.74) is 8.54. The lowest BCUT2D eigenvalue weighted by atomic mass is 9.87. The summed E-state index contributed by atoms with van der Waals surface area (Å²) in [6, 6.07) is 6.67. The van der Waals surface area contributed by atoms with Gasteiger partial charge in [0.05, 0.1) is 24.9 Å². The van der Waals surface area contributed by atoms with E-state index >= 15 is 0 Å². The van der Waals surface area contributed by atoms with Gasteiger partial charge in [0.25, 0.3) is 0 Å². The molecule has 0 spiro atoms. The standard InChI is InChI=1S/C29H34N2O6/c1-18-5-7-19(8-6-18)26-27-21(28(2,30)17-37-27)16-25(31-26)29(3,34)12-11-22(33)20-9-10-23(36-14-13-32)24(15-20)35-4/h5,7-10,15-16,32,34H,1,6,11-14,17,30H2,2-4H3. The van der Waals surface area contributed by atoms with Crippen molar-refractivity contribution < 1.29 is 29.2 Å². The molecule has 0 amide bonds. The number of nitrogens with two attached hydrogens (primary N) is 1. The van der Waals surface area contributed by atoms with E-state index in [2.05, 4.69) is 6.58 Å². The molecule has 2 heterocycles. The third-order valence-corrected chi connectivity index (χ3v) is 6.69. The van der Waals surface area contributed by atoms with Gasteiger partial charge in [0, 0.05) is 23.1 Å². The number of methoxy groups -OCH3 is 1. The summed E-state index contributed by atoms with van der Waals surface area (Å²) in [5, 5.41) is 20.5. The van der Waals surface area contributed by atoms with Crippen molar-refractivity contribution in [3.63, 3.8) is 0 Å². The molecule has 8 nitrogen and oxygen atoms in total. The van der Waals surface area contributed by atoms with E-state index in [9.17, 15) is 9.90 Å². The van der Waals surface area contributed by atoms with Crippen LogP contribution in [-0.4, -0.2) is 47.9 Å². The van der Waals surface area contributed by atoms with E-state index in [1.807, 2.05) is 25.2 Å². The number of hydrogen-bond acceptors (Lipinski definition) is 8. The average Bonchev–Trinajstić information content (AvgIpc) is 3.20. The van der Waals surface area contributed by atoms with E-state index in [-0.39, 0.29) is 31.8 Å². The van der Waals surface area contributed by atoms with Crippen LogP contribution >= 0.6 is 0 Å². The lowest BCUT2D eigenvalue weighted by Gasteiger charge is -2.26. The molecule has 0 fully saturated rings. The van der Waals surface area contributed by atoms with Crippen LogP contribution in [0.4, 0.5) is 0 Å². The van der Waals surface area contributed by atoms with Gasteiger partial charge >= 0.3 is 0 Å². The maximum absolute atomic E-state index is 13.0. The number of aliphatic hydroxyl groups excluding tert-OH is 1. The normalized spacial score (nSPS) is 20.1. The van der Waals surface area contributed by atoms with Crippen molar-refractivity contribution in [1.29, 1.82) is 0 Å². The first-order chi connectivity index (χ1) is 17.6. The van der Waals surface area contributed by atoms with Crippen molar-refractivity contribution in [3.8, 4) is 17.2 Å². The van der Waals surface area contributed by atoms with Crippen molar-refractivity contribution in [1.82, 2.24) is 4.98 Å². The molecule has 2 aliphatic rings. The van der Waals surface area contributed by atoms with Crippen LogP contribution in [0.2, 0.25) is 0 Å². The molecule has 1 aliphatic heterocycles. The molecule has 37 heavy (non-hydrogen) atoms. The lowest BCUT2D eigenvalue weighted by Crippen LogP contribution is -2.35. The molecule has 2 atom stereocenters. The molecule has 1 aromatic carbocycles. The summed E-state index contributed by atoms with van der Waals surface area (Å²) in [6.07, 6.45) is 6.84. The third-order valence-electron chi connectivity index (χ3n) is 6.69. The minimum Gasteiger partial charge on any atom is -0.493 e. The van der Waals surface area contributed by atoms with Crippen molar-refractivity contribution in [2.45, 2.75) is 44.2 Å². The number of ketones is 1. The van der Waals surface area contributed by atoms with Crippen LogP contribution in [-0.2, 0) is 11.1 Å². The van der Waals surface area contributed by atoms with E-state index in [4.69, 9.17) is 30.0 Å². The molecular weight excluding hydrogens is 472 g/mol. The average molecular weight is 507 g/mol. The van der Waals surface area contributed by atoms with Gasteiger partial charge in [-0.1, -0.05) is 30.4 Å². The first-order valence-corrected chi connectivity index (χ1v) is 12.3. The summed E-state index contributed by atoms with van der Waals surface area (Å²) >= 11 is 0. The number of rotatable bonds is 10. The summed E-state index contributed by atoms with van der Waals surface area (Å²) in [6.45, 7) is 7.83. The molecule has 0 saturated carbocycles. The summed E-state index contributed by atoms with van der Waals surface area (Å²) < 4.78 is 16.7. The number of fused-ring (bicyclic) bond motifs is 1. The number of ether oxygens (including phenoxy) is 3. The van der Waals surface area contributed by atoms with E-state index < -0.39 is 11.1 Å². The second-order valence-corrected chi connectivity index (χ2v) is 9.93. The molecule has 1 aromatic heterocycles. The molecule has 8 heteroatoms. The van der Waals surface area contributed by atoms with Crippen LogP contribution < -0.4 is 19.9 Å². The van der Waals surface area contributed by atoms with Crippen LogP contribution in [0.1, 0.15) is 60.4 Å². The van der Waals surface area contributed by atoms with Crippen LogP contribution in [0.25, 0.3) is 5.57 Å². The highest BCUT2D eigenvalue weighted by Crippen LogP contribution is 2.43. The quantitative estimate of drug-likeness (QED) is 0.416. The lowest BCUT2D eigenvalue weighted by molar-refractivity contribution is 0.0395. The highest BCUT2D eigenvalue weighted by atomic mass is 16.5. The van der Waals surface area contributed by atoms with Crippen molar-refractivity contribution in [2.75, 3.05) is 26.9 Å². The third kappa shape index (κ3) is 5.61. The Balaban J connectivity index is 1.58. The number of pyridine rings is 1. The molecule has 2 unspecified atom stereocenters. The number of hydrogen-bond donors (Lipinski definition) is 3. The van der Waals surface area contributed by atoms with E-state index in [0.717, 1.165) is 16.7 Å². The zero-order valence-corrected chi connectivity index (χ0v) is 21.5. The maximum atomic E-state index is 13.0. The van der Waals surface area contributed by atoms with Gasteiger partial charge in [0.15, 0.2) is 23.0 Å². The Kier molecular flexibility index (Phi) is 7.54. The highest BCUT2D eigenvalue weighted by molar-refractivity contribution is 5.96. The largest absolute Gasteiger partial charge is 0.493 e. The Hall–Kier alpha value is -3.46. The van der Waals surface area contributed by atoms with Crippen molar-refractivity contribution >= 4 is 11.4 Å². The molecule has 0 bridgehead atoms. The molecular formula is C29H34N2O6. The Morgan fingerprint density at radius 3 is 2.76 bits per heavy atom. The van der Waals surface area contributed by atoms with Gasteiger partial charge in [0.2, 0.25) is 0 Å². The Morgan fingerprint density at radius 2 is 2.08 bits per heavy atom. The minimum absolute atomic E-state index is 0.0832. The van der Waals surface area contributed by atoms with Crippen LogP contribution in [0.15, 0.2) is 54.6 Å². The Morgan fingerprint density at radius 1 is 1.30 bits per heavy atom. The fourth-order valence-corrected chi connectivity index (χ4v) is 4.38. The molecule has 0 saturated heterocycles. The van der Waals surface area contributed by atoms with Crippen molar-refractivity contribution in [3.05, 3.63) is 77.2 Å². The number of allylic oxidation sites excluding steroid dienone is 5. The number of carbonyl (C=O) groups excluding carboxylic acids is 1. The highest BCUT2D eigenvalue weighted by Gasteiger charge is 2.38. The number of aliphatic hydroxyl groups is 2. The van der Waals surface area contributed by atoms with Gasteiger partial charge in [-0.25, -0.2) is 4.98 Å². The van der Waals surface area contributed by atoms with Gasteiger partial charge in [0.1, 0.15) is 24.5 Å². The molecule has 4 N–H and O–H groups in total. The predicted octanol–water partition coefficient (Wildman–Crippen LogP) is 3.80. The molecule has 4 rings (SSSR count). The Labute approximate surface area is 217 Å². The number of carbonyl (C=O) groups is 1. The second-order valence-electron chi connectivity index (χ2n) is 9.93. The first kappa shape index (κ1) is 26.6. The van der Waals surface area contributed by atoms with Gasteiger partial charge < -0.3 is 30.2 Å². The monoisotopic (exact) mass is 506 g/mol. The van der Waals surface area contributed by atoms with Gasteiger partial charge in [-0.2, -0.15) is 0 Å². The SMILES string of the molecule is C=C1C=CC(c2nc(C(C)(O)CCC(=O)c3ccc(OCCO)c(OC)c3)cc3c2OCC3(C)N)=CC1. The van der Waals surface area contributed by atoms with Crippen LogP contribution in [0.3, 0.4) is 0 Å². The van der Waals surface area contributed by atoms with Gasteiger partial charge in [-0.3, -0.25) is 4.79 Å². The molecule has 0 radical (unpaired) electrons. The smallest absolute Gasteiger partial charge is 0.163 e. The number of aromatic nitrogens is 1. The van der Waals surface area contributed by atoms with Gasteiger partial charge in [-0.15, -0.1) is 0 Å². The number of Topliss-reactive ketones (excluding diaryl/α,β-unsaturated/α-hetero) is 1. The fourth-order valence-electron chi connectivity index (χ4n) is 4.38. The molecule has 1 aliphatic carbocycles.